The average molecular weight is 583 g/mol. The number of nitrogens with one attached hydrogen (secondary N) is 2. The Balaban J connectivity index is 2.36. The zero-order chi connectivity index (χ0) is 30.0. The second kappa shape index (κ2) is 16.0. The molecule has 0 aliphatic carbocycles. The number of piperidine rings is 1. The SMILES string of the molecule is CC[C@H](C)[C@H](NC(=O)[C@H]1CCCCN1)C(=O)N(COC(=O)CC(C)C)[C@H](C[C@@H](O)c1nc(C(=O)O)cs1)C(C)C. The van der Waals surface area contributed by atoms with Crippen molar-refractivity contribution in [2.24, 2.45) is 17.8 Å². The van der Waals surface area contributed by atoms with Crippen LogP contribution < -0.4 is 10.6 Å². The number of amides is 2. The number of thiazole rings is 1. The molecular weight excluding hydrogens is 536 g/mol. The molecule has 1 aliphatic rings. The number of aliphatic hydroxyl groups is 1. The summed E-state index contributed by atoms with van der Waals surface area (Å²) in [5, 5.41) is 28.0. The van der Waals surface area contributed by atoms with Crippen LogP contribution in [-0.2, 0) is 19.1 Å². The number of aliphatic hydroxyl groups excluding tert-OH is 1. The number of rotatable bonds is 15. The summed E-state index contributed by atoms with van der Waals surface area (Å²) in [5.41, 5.74) is -0.161. The van der Waals surface area contributed by atoms with Gasteiger partial charge in [-0.2, -0.15) is 0 Å². The van der Waals surface area contributed by atoms with Crippen LogP contribution in [0.15, 0.2) is 5.38 Å². The number of aromatic nitrogens is 1. The van der Waals surface area contributed by atoms with E-state index in [1.165, 1.54) is 10.3 Å². The summed E-state index contributed by atoms with van der Waals surface area (Å²) >= 11 is 1.03. The lowest BCUT2D eigenvalue weighted by Crippen LogP contribution is -2.59. The zero-order valence-electron chi connectivity index (χ0n) is 24.5. The van der Waals surface area contributed by atoms with Gasteiger partial charge in [0.25, 0.3) is 0 Å². The Morgan fingerprint density at radius 2 is 1.90 bits per heavy atom. The summed E-state index contributed by atoms with van der Waals surface area (Å²) in [6, 6.07) is -1.83. The highest BCUT2D eigenvalue weighted by atomic mass is 32.1. The number of aromatic carboxylic acids is 1. The van der Waals surface area contributed by atoms with Crippen LogP contribution in [0, 0.1) is 17.8 Å². The lowest BCUT2D eigenvalue weighted by Gasteiger charge is -2.38. The normalized spacial score (nSPS) is 18.6. The molecule has 2 rings (SSSR count). The fraction of sp³-hybridized carbons (Fsp3) is 0.750. The zero-order valence-corrected chi connectivity index (χ0v) is 25.3. The Morgan fingerprint density at radius 3 is 2.42 bits per heavy atom. The third kappa shape index (κ3) is 9.81. The highest BCUT2D eigenvalue weighted by Crippen LogP contribution is 2.29. The van der Waals surface area contributed by atoms with E-state index in [0.29, 0.717) is 12.8 Å². The van der Waals surface area contributed by atoms with Crippen molar-refractivity contribution in [1.29, 1.82) is 0 Å². The van der Waals surface area contributed by atoms with Gasteiger partial charge in [0.1, 0.15) is 17.2 Å². The summed E-state index contributed by atoms with van der Waals surface area (Å²) in [5.74, 6) is -2.57. The van der Waals surface area contributed by atoms with Gasteiger partial charge >= 0.3 is 11.9 Å². The van der Waals surface area contributed by atoms with Crippen LogP contribution in [0.2, 0.25) is 0 Å². The largest absolute Gasteiger partial charge is 0.476 e. The molecule has 226 valence electrons. The quantitative estimate of drug-likeness (QED) is 0.180. The molecule has 1 aromatic rings. The molecule has 2 amide bonds. The fourth-order valence-corrected chi connectivity index (χ4v) is 5.47. The van der Waals surface area contributed by atoms with E-state index < -0.39 is 36.0 Å². The van der Waals surface area contributed by atoms with Gasteiger partial charge < -0.3 is 30.5 Å². The maximum Gasteiger partial charge on any atom is 0.355 e. The van der Waals surface area contributed by atoms with E-state index in [2.05, 4.69) is 15.6 Å². The summed E-state index contributed by atoms with van der Waals surface area (Å²) < 4.78 is 5.54. The van der Waals surface area contributed by atoms with Crippen molar-refractivity contribution in [3.8, 4) is 0 Å². The Bertz CT molecular complexity index is 993. The van der Waals surface area contributed by atoms with Crippen molar-refractivity contribution >= 4 is 35.1 Å². The monoisotopic (exact) mass is 582 g/mol. The molecule has 1 fully saturated rings. The smallest absolute Gasteiger partial charge is 0.355 e. The van der Waals surface area contributed by atoms with Gasteiger partial charge in [0.15, 0.2) is 12.4 Å². The molecule has 1 saturated heterocycles. The van der Waals surface area contributed by atoms with Crippen molar-refractivity contribution in [3.05, 3.63) is 16.1 Å². The summed E-state index contributed by atoms with van der Waals surface area (Å²) in [6.07, 6.45) is 2.33. The van der Waals surface area contributed by atoms with Crippen molar-refractivity contribution in [2.45, 2.75) is 104 Å². The molecule has 0 aromatic carbocycles. The number of hydrogen-bond acceptors (Lipinski definition) is 9. The van der Waals surface area contributed by atoms with E-state index in [4.69, 9.17) is 4.74 Å². The molecule has 0 radical (unpaired) electrons. The van der Waals surface area contributed by atoms with E-state index in [9.17, 15) is 29.4 Å². The Labute approximate surface area is 241 Å². The number of hydrogen-bond donors (Lipinski definition) is 4. The molecule has 4 N–H and O–H groups in total. The molecule has 0 unspecified atom stereocenters. The molecule has 0 saturated carbocycles. The maximum atomic E-state index is 14.2. The molecule has 1 aromatic heterocycles. The lowest BCUT2D eigenvalue weighted by molar-refractivity contribution is -0.159. The van der Waals surface area contributed by atoms with Gasteiger partial charge in [-0.15, -0.1) is 11.3 Å². The first-order valence-electron chi connectivity index (χ1n) is 14.2. The number of nitrogens with zero attached hydrogens (tertiary/aromatic N) is 2. The van der Waals surface area contributed by atoms with Crippen LogP contribution in [0.25, 0.3) is 0 Å². The van der Waals surface area contributed by atoms with Crippen LogP contribution >= 0.6 is 11.3 Å². The molecule has 2 heterocycles. The summed E-state index contributed by atoms with van der Waals surface area (Å²) in [4.78, 5) is 56.5. The number of carbonyl (C=O) groups is 4. The minimum absolute atomic E-state index is 0.0447. The van der Waals surface area contributed by atoms with Gasteiger partial charge in [0, 0.05) is 24.3 Å². The summed E-state index contributed by atoms with van der Waals surface area (Å²) in [6.45, 7) is 11.8. The Morgan fingerprint density at radius 1 is 1.20 bits per heavy atom. The minimum Gasteiger partial charge on any atom is -0.476 e. The molecule has 12 heteroatoms. The van der Waals surface area contributed by atoms with Gasteiger partial charge in [-0.1, -0.05) is 54.4 Å². The second-order valence-corrected chi connectivity index (χ2v) is 12.3. The van der Waals surface area contributed by atoms with Gasteiger partial charge in [-0.05, 0) is 37.1 Å². The van der Waals surface area contributed by atoms with Crippen LogP contribution in [-0.4, -0.2) is 75.3 Å². The first-order valence-corrected chi connectivity index (χ1v) is 15.1. The highest BCUT2D eigenvalue weighted by molar-refractivity contribution is 7.09. The number of esters is 1. The molecule has 0 spiro atoms. The fourth-order valence-electron chi connectivity index (χ4n) is 4.68. The van der Waals surface area contributed by atoms with E-state index >= 15 is 0 Å². The van der Waals surface area contributed by atoms with Crippen LogP contribution in [0.3, 0.4) is 0 Å². The molecule has 5 atom stereocenters. The van der Waals surface area contributed by atoms with Crippen LogP contribution in [0.4, 0.5) is 0 Å². The maximum absolute atomic E-state index is 14.2. The van der Waals surface area contributed by atoms with Crippen molar-refractivity contribution in [3.63, 3.8) is 0 Å². The predicted molar refractivity (Wildman–Crippen MR) is 152 cm³/mol. The van der Waals surface area contributed by atoms with Gasteiger partial charge in [0.05, 0.1) is 6.04 Å². The van der Waals surface area contributed by atoms with Gasteiger partial charge in [0.2, 0.25) is 11.8 Å². The van der Waals surface area contributed by atoms with Gasteiger partial charge in [-0.3, -0.25) is 14.4 Å². The van der Waals surface area contributed by atoms with Crippen molar-refractivity contribution in [1.82, 2.24) is 20.5 Å². The topological polar surface area (TPSA) is 158 Å². The molecule has 11 nitrogen and oxygen atoms in total. The van der Waals surface area contributed by atoms with E-state index in [0.717, 1.165) is 30.7 Å². The standard InChI is InChI=1S/C28H46N4O7S/c1-7-18(6)24(31-25(35)19-10-8-9-11-29-19)27(36)32(15-39-23(34)12-16(2)3)21(17(4)5)13-22(33)26-30-20(14-40-26)28(37)38/h14,16-19,21-22,24,29,33H,7-13,15H2,1-6H3,(H,31,35)(H,37,38)/t18-,19+,21+,22+,24-/m0/s1. The van der Waals surface area contributed by atoms with Crippen molar-refractivity contribution in [2.75, 3.05) is 13.3 Å². The minimum atomic E-state index is -1.19. The third-order valence-electron chi connectivity index (χ3n) is 7.29. The summed E-state index contributed by atoms with van der Waals surface area (Å²) in [7, 11) is 0. The van der Waals surface area contributed by atoms with Crippen LogP contribution in [0.5, 0.6) is 0 Å². The van der Waals surface area contributed by atoms with Crippen molar-refractivity contribution < 1.29 is 34.1 Å². The van der Waals surface area contributed by atoms with E-state index in [1.807, 2.05) is 41.5 Å². The number of carbonyl (C=O) groups excluding carboxylic acids is 3. The molecule has 40 heavy (non-hydrogen) atoms. The van der Waals surface area contributed by atoms with E-state index in [1.54, 1.807) is 0 Å². The Kier molecular flexibility index (Phi) is 13.5. The number of ether oxygens (including phenoxy) is 1. The highest BCUT2D eigenvalue weighted by Gasteiger charge is 2.38. The average Bonchev–Trinajstić information content (AvgIpc) is 3.41. The molecule has 0 bridgehead atoms. The molecular formula is C28H46N4O7S. The lowest BCUT2D eigenvalue weighted by atomic mass is 9.92. The van der Waals surface area contributed by atoms with Crippen LogP contribution in [0.1, 0.15) is 102 Å². The first kappa shape index (κ1) is 33.6. The predicted octanol–water partition coefficient (Wildman–Crippen LogP) is 3.34. The Hall–Kier alpha value is -2.57. The second-order valence-electron chi connectivity index (χ2n) is 11.4. The molecule has 1 aliphatic heterocycles. The number of carboxylic acids is 1. The van der Waals surface area contributed by atoms with E-state index in [-0.39, 0.29) is 60.0 Å². The number of carboxylic acid groups (broad SMARTS) is 1. The third-order valence-corrected chi connectivity index (χ3v) is 8.23. The first-order chi connectivity index (χ1) is 18.8. The van der Waals surface area contributed by atoms with Gasteiger partial charge in [-0.25, -0.2) is 9.78 Å².